The molecule has 2 aromatic heterocycles. The Morgan fingerprint density at radius 1 is 1.14 bits per heavy atom. The van der Waals surface area contributed by atoms with Crippen LogP contribution in [0.2, 0.25) is 0 Å². The fraction of sp³-hybridized carbons (Fsp3) is 0.357. The SMILES string of the molecule is CCNC(=O)c1ccc2oc(=O)n(Cc3cccc(-c4ncc(OCC5CCN(C)CC5)cn4)c3)c2c1. The van der Waals surface area contributed by atoms with E-state index < -0.39 is 5.76 Å². The minimum Gasteiger partial charge on any atom is -0.490 e. The van der Waals surface area contributed by atoms with Gasteiger partial charge in [-0.2, -0.15) is 0 Å². The van der Waals surface area contributed by atoms with Crippen molar-refractivity contribution in [2.24, 2.45) is 5.92 Å². The molecule has 0 atom stereocenters. The smallest absolute Gasteiger partial charge is 0.420 e. The Morgan fingerprint density at radius 2 is 1.92 bits per heavy atom. The lowest BCUT2D eigenvalue weighted by molar-refractivity contribution is 0.0956. The van der Waals surface area contributed by atoms with Gasteiger partial charge in [0.25, 0.3) is 5.91 Å². The third kappa shape index (κ3) is 5.72. The summed E-state index contributed by atoms with van der Waals surface area (Å²) < 4.78 is 12.9. The molecule has 0 spiro atoms. The van der Waals surface area contributed by atoms with Crippen LogP contribution in [0.3, 0.4) is 0 Å². The van der Waals surface area contributed by atoms with Gasteiger partial charge in [-0.05, 0) is 75.6 Å². The summed E-state index contributed by atoms with van der Waals surface area (Å²) in [4.78, 5) is 36.2. The molecular formula is C28H31N5O4. The van der Waals surface area contributed by atoms with Gasteiger partial charge in [0.1, 0.15) is 0 Å². The maximum atomic E-state index is 12.6. The fourth-order valence-electron chi connectivity index (χ4n) is 4.59. The Labute approximate surface area is 215 Å². The highest BCUT2D eigenvalue weighted by Gasteiger charge is 2.17. The van der Waals surface area contributed by atoms with Gasteiger partial charge in [-0.1, -0.05) is 18.2 Å². The highest BCUT2D eigenvalue weighted by molar-refractivity contribution is 5.97. The second-order valence-corrected chi connectivity index (χ2v) is 9.50. The van der Waals surface area contributed by atoms with Crippen LogP contribution in [-0.2, 0) is 6.54 Å². The number of rotatable bonds is 8. The highest BCUT2D eigenvalue weighted by Crippen LogP contribution is 2.22. The first-order valence-corrected chi connectivity index (χ1v) is 12.6. The number of nitrogens with zero attached hydrogens (tertiary/aromatic N) is 4. The molecule has 1 N–H and O–H groups in total. The molecule has 9 heteroatoms. The zero-order valence-electron chi connectivity index (χ0n) is 21.1. The minimum absolute atomic E-state index is 0.192. The number of benzene rings is 2. The summed E-state index contributed by atoms with van der Waals surface area (Å²) in [5.74, 6) is 1.14. The number of ether oxygens (including phenoxy) is 1. The van der Waals surface area contributed by atoms with E-state index >= 15 is 0 Å². The van der Waals surface area contributed by atoms with Gasteiger partial charge in [-0.3, -0.25) is 9.36 Å². The quantitative estimate of drug-likeness (QED) is 0.394. The van der Waals surface area contributed by atoms with E-state index in [1.165, 1.54) is 4.57 Å². The average Bonchev–Trinajstić information content (AvgIpc) is 3.23. The second kappa shape index (κ2) is 11.0. The number of piperidine rings is 1. The lowest BCUT2D eigenvalue weighted by Crippen LogP contribution is -2.32. The third-order valence-corrected chi connectivity index (χ3v) is 6.74. The summed E-state index contributed by atoms with van der Waals surface area (Å²) in [5, 5.41) is 2.78. The number of carbonyl (C=O) groups excluding carboxylic acids is 1. The van der Waals surface area contributed by atoms with Crippen LogP contribution >= 0.6 is 0 Å². The summed E-state index contributed by atoms with van der Waals surface area (Å²) in [7, 11) is 2.15. The molecule has 4 aromatic rings. The molecule has 3 heterocycles. The minimum atomic E-state index is -0.476. The maximum absolute atomic E-state index is 12.6. The number of likely N-dealkylation sites (tertiary alicyclic amines) is 1. The van der Waals surface area contributed by atoms with Crippen LogP contribution in [0.15, 0.2) is 64.1 Å². The van der Waals surface area contributed by atoms with E-state index in [4.69, 9.17) is 9.15 Å². The van der Waals surface area contributed by atoms with Crippen molar-refractivity contribution in [1.82, 2.24) is 24.8 Å². The lowest BCUT2D eigenvalue weighted by Gasteiger charge is -2.28. The normalized spacial score (nSPS) is 14.6. The Bertz CT molecular complexity index is 1440. The molecule has 1 saturated heterocycles. The number of nitrogens with one attached hydrogen (secondary N) is 1. The molecule has 0 aliphatic carbocycles. The molecule has 0 radical (unpaired) electrons. The number of amides is 1. The molecule has 5 rings (SSSR count). The van der Waals surface area contributed by atoms with Crippen molar-refractivity contribution in [2.75, 3.05) is 33.3 Å². The van der Waals surface area contributed by atoms with Crippen molar-refractivity contribution >= 4 is 17.0 Å². The molecule has 1 fully saturated rings. The van der Waals surface area contributed by atoms with E-state index in [2.05, 4.69) is 27.2 Å². The molecule has 1 aliphatic rings. The molecule has 0 saturated carbocycles. The predicted molar refractivity (Wildman–Crippen MR) is 141 cm³/mol. The van der Waals surface area contributed by atoms with Crippen LogP contribution in [0.5, 0.6) is 5.75 Å². The zero-order chi connectivity index (χ0) is 25.8. The Morgan fingerprint density at radius 3 is 2.68 bits per heavy atom. The number of hydrogen-bond acceptors (Lipinski definition) is 7. The Kier molecular flexibility index (Phi) is 7.32. The van der Waals surface area contributed by atoms with Gasteiger partial charge in [0.2, 0.25) is 0 Å². The van der Waals surface area contributed by atoms with Crippen LogP contribution in [0.25, 0.3) is 22.5 Å². The van der Waals surface area contributed by atoms with Crippen LogP contribution < -0.4 is 15.8 Å². The van der Waals surface area contributed by atoms with Gasteiger partial charge in [-0.15, -0.1) is 0 Å². The standard InChI is InChI=1S/C28H31N5O4/c1-3-29-27(34)22-7-8-25-24(14-22)33(28(35)37-25)17-20-5-4-6-21(13-20)26-30-15-23(16-31-26)36-18-19-9-11-32(2)12-10-19/h4-8,13-16,19H,3,9-12,17-18H2,1-2H3,(H,29,34). The van der Waals surface area contributed by atoms with E-state index in [0.29, 0.717) is 47.3 Å². The van der Waals surface area contributed by atoms with Gasteiger partial charge in [-0.25, -0.2) is 14.8 Å². The average molecular weight is 502 g/mol. The number of oxazole rings is 1. The van der Waals surface area contributed by atoms with Crippen molar-refractivity contribution in [3.05, 3.63) is 76.5 Å². The van der Waals surface area contributed by atoms with Gasteiger partial charge >= 0.3 is 5.76 Å². The van der Waals surface area contributed by atoms with Crippen LogP contribution in [0.1, 0.15) is 35.7 Å². The van der Waals surface area contributed by atoms with Gasteiger partial charge < -0.3 is 19.4 Å². The molecule has 37 heavy (non-hydrogen) atoms. The summed E-state index contributed by atoms with van der Waals surface area (Å²) >= 11 is 0. The number of aromatic nitrogens is 3. The summed E-state index contributed by atoms with van der Waals surface area (Å²) in [5.41, 5.74) is 3.21. The predicted octanol–water partition coefficient (Wildman–Crippen LogP) is 3.57. The van der Waals surface area contributed by atoms with Crippen molar-refractivity contribution in [1.29, 1.82) is 0 Å². The van der Waals surface area contributed by atoms with Gasteiger partial charge in [0, 0.05) is 17.7 Å². The molecule has 2 aromatic carbocycles. The molecule has 1 amide bonds. The number of hydrogen-bond donors (Lipinski definition) is 1. The summed E-state index contributed by atoms with van der Waals surface area (Å²) in [6, 6.07) is 12.7. The molecule has 0 bridgehead atoms. The van der Waals surface area contributed by atoms with E-state index in [-0.39, 0.29) is 12.5 Å². The zero-order valence-corrected chi connectivity index (χ0v) is 21.1. The Hall–Kier alpha value is -3.98. The lowest BCUT2D eigenvalue weighted by atomic mass is 9.98. The van der Waals surface area contributed by atoms with Crippen LogP contribution in [-0.4, -0.2) is 58.6 Å². The Balaban J connectivity index is 1.30. The topological polar surface area (TPSA) is 102 Å². The van der Waals surface area contributed by atoms with Crippen molar-refractivity contribution in [3.8, 4) is 17.1 Å². The molecule has 9 nitrogen and oxygen atoms in total. The highest BCUT2D eigenvalue weighted by atomic mass is 16.5. The largest absolute Gasteiger partial charge is 0.490 e. The molecule has 0 unspecified atom stereocenters. The summed E-state index contributed by atoms with van der Waals surface area (Å²) in [6.07, 6.45) is 5.71. The third-order valence-electron chi connectivity index (χ3n) is 6.74. The first-order chi connectivity index (χ1) is 18.0. The second-order valence-electron chi connectivity index (χ2n) is 9.50. The molecular weight excluding hydrogens is 470 g/mol. The van der Waals surface area contributed by atoms with E-state index in [9.17, 15) is 9.59 Å². The van der Waals surface area contributed by atoms with Crippen molar-refractivity contribution in [3.63, 3.8) is 0 Å². The first-order valence-electron chi connectivity index (χ1n) is 12.6. The molecule has 192 valence electrons. The van der Waals surface area contributed by atoms with E-state index in [1.54, 1.807) is 30.6 Å². The van der Waals surface area contributed by atoms with Crippen molar-refractivity contribution < 1.29 is 13.9 Å². The molecule has 1 aliphatic heterocycles. The fourth-order valence-corrected chi connectivity index (χ4v) is 4.59. The van der Waals surface area contributed by atoms with Crippen LogP contribution in [0.4, 0.5) is 0 Å². The van der Waals surface area contributed by atoms with E-state index in [1.807, 2.05) is 31.2 Å². The number of fused-ring (bicyclic) bond motifs is 1. The van der Waals surface area contributed by atoms with E-state index in [0.717, 1.165) is 37.1 Å². The van der Waals surface area contributed by atoms with Gasteiger partial charge in [0.15, 0.2) is 17.2 Å². The van der Waals surface area contributed by atoms with Crippen LogP contribution in [0, 0.1) is 5.92 Å². The van der Waals surface area contributed by atoms with Crippen molar-refractivity contribution in [2.45, 2.75) is 26.3 Å². The number of carbonyl (C=O) groups is 1. The van der Waals surface area contributed by atoms with Gasteiger partial charge in [0.05, 0.1) is 31.1 Å². The summed E-state index contributed by atoms with van der Waals surface area (Å²) in [6.45, 7) is 5.57. The first kappa shape index (κ1) is 24.7. The monoisotopic (exact) mass is 501 g/mol. The maximum Gasteiger partial charge on any atom is 0.420 e.